The van der Waals surface area contributed by atoms with Crippen molar-refractivity contribution in [3.63, 3.8) is 0 Å². The highest BCUT2D eigenvalue weighted by molar-refractivity contribution is 7.89. The number of nitrogens with one attached hydrogen (secondary N) is 1. The van der Waals surface area contributed by atoms with Crippen LogP contribution in [0.25, 0.3) is 0 Å². The maximum absolute atomic E-state index is 12.8. The van der Waals surface area contributed by atoms with Crippen LogP contribution in [0.4, 0.5) is 13.2 Å². The van der Waals surface area contributed by atoms with Crippen LogP contribution in [0.3, 0.4) is 0 Å². The molecule has 1 unspecified atom stereocenters. The number of rotatable bonds is 8. The molecule has 2 aromatic rings. The Morgan fingerprint density at radius 3 is 2.23 bits per heavy atom. The summed E-state index contributed by atoms with van der Waals surface area (Å²) in [6.45, 7) is 3.76. The van der Waals surface area contributed by atoms with Crippen molar-refractivity contribution in [3.05, 3.63) is 65.2 Å². The Morgan fingerprint density at radius 2 is 1.70 bits per heavy atom. The zero-order valence-corrected chi connectivity index (χ0v) is 17.3. The highest BCUT2D eigenvalue weighted by atomic mass is 32.2. The Labute approximate surface area is 173 Å². The molecule has 1 amide bonds. The van der Waals surface area contributed by atoms with E-state index in [9.17, 15) is 31.5 Å². The van der Waals surface area contributed by atoms with E-state index >= 15 is 0 Å². The van der Waals surface area contributed by atoms with Gasteiger partial charge in [0.05, 0.1) is 16.6 Å². The fourth-order valence-corrected chi connectivity index (χ4v) is 4.28. The summed E-state index contributed by atoms with van der Waals surface area (Å²) >= 11 is 0. The minimum atomic E-state index is -4.54. The van der Waals surface area contributed by atoms with Crippen molar-refractivity contribution in [2.45, 2.75) is 31.0 Å². The lowest BCUT2D eigenvalue weighted by Gasteiger charge is -2.18. The highest BCUT2D eigenvalue weighted by Gasteiger charge is 2.31. The Hall–Kier alpha value is -2.43. The van der Waals surface area contributed by atoms with Crippen molar-refractivity contribution in [1.82, 2.24) is 9.62 Å². The largest absolute Gasteiger partial charge is 0.416 e. The third kappa shape index (κ3) is 5.59. The summed E-state index contributed by atoms with van der Waals surface area (Å²) in [5.41, 5.74) is -0.717. The average Bonchev–Trinajstić information content (AvgIpc) is 2.72. The second-order valence-corrected chi connectivity index (χ2v) is 8.40. The first-order chi connectivity index (χ1) is 14.0. The first-order valence-corrected chi connectivity index (χ1v) is 10.7. The SMILES string of the molecule is CCN(CC)S(=O)(=O)c1ccc(C(=O)NCC(O)c2cccc(C(F)(F)F)c2)cc1. The number of hydrogen-bond acceptors (Lipinski definition) is 4. The Kier molecular flexibility index (Phi) is 7.62. The minimum absolute atomic E-state index is 0.0192. The number of nitrogens with zero attached hydrogens (tertiary/aromatic N) is 1. The maximum atomic E-state index is 12.8. The van der Waals surface area contributed by atoms with Crippen LogP contribution in [-0.2, 0) is 16.2 Å². The molecule has 2 rings (SSSR count). The second kappa shape index (κ2) is 9.59. The van der Waals surface area contributed by atoms with Crippen LogP contribution in [0.15, 0.2) is 53.4 Å². The molecule has 0 radical (unpaired) electrons. The predicted molar refractivity (Wildman–Crippen MR) is 105 cm³/mol. The number of amides is 1. The molecule has 0 bridgehead atoms. The first kappa shape index (κ1) is 23.8. The zero-order valence-electron chi connectivity index (χ0n) is 16.5. The summed E-state index contributed by atoms with van der Waals surface area (Å²) in [6, 6.07) is 9.52. The molecule has 0 aliphatic carbocycles. The van der Waals surface area contributed by atoms with Crippen LogP contribution >= 0.6 is 0 Å². The molecular formula is C20H23F3N2O4S. The Balaban J connectivity index is 2.05. The summed E-state index contributed by atoms with van der Waals surface area (Å²) in [4.78, 5) is 12.3. The quantitative estimate of drug-likeness (QED) is 0.655. The first-order valence-electron chi connectivity index (χ1n) is 9.24. The summed E-state index contributed by atoms with van der Waals surface area (Å²) in [6.07, 6.45) is -5.87. The van der Waals surface area contributed by atoms with Crippen LogP contribution in [0.2, 0.25) is 0 Å². The van der Waals surface area contributed by atoms with Crippen LogP contribution in [0, 0.1) is 0 Å². The zero-order chi connectivity index (χ0) is 22.5. The van der Waals surface area contributed by atoms with E-state index in [1.807, 2.05) is 0 Å². The molecule has 164 valence electrons. The van der Waals surface area contributed by atoms with Crippen molar-refractivity contribution in [3.8, 4) is 0 Å². The summed E-state index contributed by atoms with van der Waals surface area (Å²) < 4.78 is 64.5. The number of sulfonamides is 1. The predicted octanol–water partition coefficient (Wildman–Crippen LogP) is 3.20. The van der Waals surface area contributed by atoms with Gasteiger partial charge in [-0.05, 0) is 42.0 Å². The van der Waals surface area contributed by atoms with Crippen molar-refractivity contribution >= 4 is 15.9 Å². The van der Waals surface area contributed by atoms with Gasteiger partial charge in [0, 0.05) is 25.2 Å². The second-order valence-electron chi connectivity index (χ2n) is 6.46. The fourth-order valence-electron chi connectivity index (χ4n) is 2.82. The molecule has 0 saturated carbocycles. The van der Waals surface area contributed by atoms with Crippen LogP contribution in [0.5, 0.6) is 0 Å². The van der Waals surface area contributed by atoms with Crippen molar-refractivity contribution < 1.29 is 31.5 Å². The van der Waals surface area contributed by atoms with E-state index in [1.165, 1.54) is 40.7 Å². The molecule has 0 saturated heterocycles. The number of carbonyl (C=O) groups excluding carboxylic acids is 1. The lowest BCUT2D eigenvalue weighted by atomic mass is 10.1. The van der Waals surface area contributed by atoms with Gasteiger partial charge in [0.1, 0.15) is 0 Å². The van der Waals surface area contributed by atoms with E-state index in [4.69, 9.17) is 0 Å². The van der Waals surface area contributed by atoms with Gasteiger partial charge in [-0.2, -0.15) is 17.5 Å². The number of aliphatic hydroxyl groups excluding tert-OH is 1. The van der Waals surface area contributed by atoms with Crippen LogP contribution in [-0.4, -0.2) is 43.4 Å². The van der Waals surface area contributed by atoms with Gasteiger partial charge in [0.25, 0.3) is 5.91 Å². The van der Waals surface area contributed by atoms with Gasteiger partial charge < -0.3 is 10.4 Å². The smallest absolute Gasteiger partial charge is 0.387 e. The van der Waals surface area contributed by atoms with E-state index in [1.54, 1.807) is 13.8 Å². The number of benzene rings is 2. The molecule has 6 nitrogen and oxygen atoms in total. The van der Waals surface area contributed by atoms with Gasteiger partial charge in [-0.25, -0.2) is 8.42 Å². The van der Waals surface area contributed by atoms with Gasteiger partial charge in [-0.3, -0.25) is 4.79 Å². The van der Waals surface area contributed by atoms with Gasteiger partial charge in [-0.1, -0.05) is 26.0 Å². The molecule has 30 heavy (non-hydrogen) atoms. The number of aliphatic hydroxyl groups is 1. The van der Waals surface area contributed by atoms with Crippen molar-refractivity contribution in [1.29, 1.82) is 0 Å². The van der Waals surface area contributed by atoms with Crippen molar-refractivity contribution in [2.75, 3.05) is 19.6 Å². The summed E-state index contributed by atoms with van der Waals surface area (Å²) in [7, 11) is -3.65. The number of halogens is 3. The van der Waals surface area contributed by atoms with Gasteiger partial charge in [0.15, 0.2) is 0 Å². The number of alkyl halides is 3. The summed E-state index contributed by atoms with van der Waals surface area (Å²) in [5.74, 6) is -0.590. The normalized spacial score (nSPS) is 13.3. The molecule has 0 fully saturated rings. The third-order valence-corrected chi connectivity index (χ3v) is 6.58. The minimum Gasteiger partial charge on any atom is -0.387 e. The summed E-state index contributed by atoms with van der Waals surface area (Å²) in [5, 5.41) is 12.5. The molecule has 10 heteroatoms. The lowest BCUT2D eigenvalue weighted by Crippen LogP contribution is -2.31. The van der Waals surface area contributed by atoms with E-state index < -0.39 is 33.8 Å². The Bertz CT molecular complexity index is 972. The van der Waals surface area contributed by atoms with E-state index in [0.29, 0.717) is 13.1 Å². The topological polar surface area (TPSA) is 86.7 Å². The number of hydrogen-bond donors (Lipinski definition) is 2. The lowest BCUT2D eigenvalue weighted by molar-refractivity contribution is -0.137. The molecule has 0 aliphatic rings. The van der Waals surface area contributed by atoms with E-state index in [2.05, 4.69) is 5.32 Å². The third-order valence-electron chi connectivity index (χ3n) is 4.51. The van der Waals surface area contributed by atoms with Crippen LogP contribution in [0.1, 0.15) is 41.4 Å². The van der Waals surface area contributed by atoms with E-state index in [-0.39, 0.29) is 22.6 Å². The standard InChI is InChI=1S/C20H23F3N2O4S/c1-3-25(4-2)30(28,29)17-10-8-14(9-11-17)19(27)24-13-18(26)15-6-5-7-16(12-15)20(21,22)23/h5-12,18,26H,3-4,13H2,1-2H3,(H,24,27). The Morgan fingerprint density at radius 1 is 1.10 bits per heavy atom. The molecule has 2 aromatic carbocycles. The number of carbonyl (C=O) groups is 1. The van der Waals surface area contributed by atoms with Gasteiger partial charge >= 0.3 is 6.18 Å². The monoisotopic (exact) mass is 444 g/mol. The average molecular weight is 444 g/mol. The van der Waals surface area contributed by atoms with Crippen molar-refractivity contribution in [2.24, 2.45) is 0 Å². The molecule has 0 aromatic heterocycles. The molecule has 1 atom stereocenters. The van der Waals surface area contributed by atoms with Crippen LogP contribution < -0.4 is 5.32 Å². The molecule has 2 N–H and O–H groups in total. The van der Waals surface area contributed by atoms with E-state index in [0.717, 1.165) is 12.1 Å². The molecule has 0 heterocycles. The molecule has 0 spiro atoms. The highest BCUT2D eigenvalue weighted by Crippen LogP contribution is 2.30. The molecular weight excluding hydrogens is 421 g/mol. The van der Waals surface area contributed by atoms with Gasteiger partial charge in [-0.15, -0.1) is 0 Å². The fraction of sp³-hybridized carbons (Fsp3) is 0.350. The van der Waals surface area contributed by atoms with Gasteiger partial charge in [0.2, 0.25) is 10.0 Å². The maximum Gasteiger partial charge on any atom is 0.416 e. The molecule has 0 aliphatic heterocycles.